The Hall–Kier alpha value is -1.69. The molecule has 0 aromatic heterocycles. The molecule has 0 unspecified atom stereocenters. The SMILES string of the molecule is Bc1ccc2c(ccc3cc(B)ccc32)c1. The molecule has 3 rings (SSSR count). The lowest BCUT2D eigenvalue weighted by atomic mass is 9.89. The van der Waals surface area contributed by atoms with E-state index in [0.29, 0.717) is 0 Å². The second-order valence-electron chi connectivity index (χ2n) is 4.51. The van der Waals surface area contributed by atoms with Gasteiger partial charge in [0.15, 0.2) is 0 Å². The highest BCUT2D eigenvalue weighted by molar-refractivity contribution is 6.34. The van der Waals surface area contributed by atoms with Gasteiger partial charge in [-0.05, 0) is 21.5 Å². The number of rotatable bonds is 0. The van der Waals surface area contributed by atoms with Crippen LogP contribution in [0.15, 0.2) is 48.5 Å². The van der Waals surface area contributed by atoms with Crippen LogP contribution in [0.3, 0.4) is 0 Å². The summed E-state index contributed by atoms with van der Waals surface area (Å²) in [6, 6.07) is 17.7. The molecule has 0 atom stereocenters. The minimum absolute atomic E-state index is 1.32. The third-order valence-corrected chi connectivity index (χ3v) is 3.15. The summed E-state index contributed by atoms with van der Waals surface area (Å²) >= 11 is 0. The molecular formula is C14H12B2. The van der Waals surface area contributed by atoms with Crippen molar-refractivity contribution in [3.05, 3.63) is 48.5 Å². The van der Waals surface area contributed by atoms with E-state index in [-0.39, 0.29) is 0 Å². The molecule has 0 aliphatic heterocycles. The van der Waals surface area contributed by atoms with Crippen LogP contribution in [-0.4, -0.2) is 15.7 Å². The molecule has 3 aromatic rings. The molecule has 0 saturated heterocycles. The zero-order chi connectivity index (χ0) is 11.1. The zero-order valence-electron chi connectivity index (χ0n) is 9.62. The van der Waals surface area contributed by atoms with Crippen molar-refractivity contribution in [2.75, 3.05) is 0 Å². The molecule has 0 heterocycles. The van der Waals surface area contributed by atoms with E-state index in [1.54, 1.807) is 0 Å². The third-order valence-electron chi connectivity index (χ3n) is 3.15. The Morgan fingerprint density at radius 2 is 1.00 bits per heavy atom. The van der Waals surface area contributed by atoms with Crippen molar-refractivity contribution in [1.82, 2.24) is 0 Å². The first-order valence-corrected chi connectivity index (χ1v) is 5.64. The van der Waals surface area contributed by atoms with Crippen molar-refractivity contribution in [3.63, 3.8) is 0 Å². The Balaban J connectivity index is 2.50. The van der Waals surface area contributed by atoms with Gasteiger partial charge in [-0.1, -0.05) is 59.5 Å². The fraction of sp³-hybridized carbons (Fsp3) is 0. The summed E-state index contributed by atoms with van der Waals surface area (Å²) in [6.07, 6.45) is 0. The highest BCUT2D eigenvalue weighted by Gasteiger charge is 2.00. The summed E-state index contributed by atoms with van der Waals surface area (Å²) in [5.74, 6) is 0. The van der Waals surface area contributed by atoms with Crippen LogP contribution in [0.2, 0.25) is 0 Å². The molecule has 2 heteroatoms. The minimum Gasteiger partial charge on any atom is -0.0883 e. The molecule has 0 bridgehead atoms. The lowest BCUT2D eigenvalue weighted by Gasteiger charge is -2.05. The minimum atomic E-state index is 1.32. The fourth-order valence-corrected chi connectivity index (χ4v) is 2.31. The van der Waals surface area contributed by atoms with Gasteiger partial charge in [-0.15, -0.1) is 0 Å². The first kappa shape index (κ1) is 9.53. The molecule has 0 aliphatic rings. The van der Waals surface area contributed by atoms with Crippen LogP contribution in [0.1, 0.15) is 0 Å². The Morgan fingerprint density at radius 1 is 0.562 bits per heavy atom. The molecule has 0 N–H and O–H groups in total. The summed E-state index contributed by atoms with van der Waals surface area (Å²) in [5, 5.41) is 5.36. The van der Waals surface area contributed by atoms with Crippen LogP contribution in [-0.2, 0) is 0 Å². The van der Waals surface area contributed by atoms with Crippen molar-refractivity contribution in [1.29, 1.82) is 0 Å². The van der Waals surface area contributed by atoms with E-state index in [1.165, 1.54) is 32.5 Å². The molecule has 0 fully saturated rings. The number of hydrogen-bond donors (Lipinski definition) is 0. The molecule has 0 nitrogen and oxygen atoms in total. The van der Waals surface area contributed by atoms with E-state index in [9.17, 15) is 0 Å². The maximum Gasteiger partial charge on any atom is 0.139 e. The molecule has 0 saturated carbocycles. The van der Waals surface area contributed by atoms with E-state index in [4.69, 9.17) is 0 Å². The lowest BCUT2D eigenvalue weighted by Crippen LogP contribution is -2.01. The number of fused-ring (bicyclic) bond motifs is 3. The van der Waals surface area contributed by atoms with E-state index in [2.05, 4.69) is 64.2 Å². The van der Waals surface area contributed by atoms with Gasteiger partial charge in [-0.25, -0.2) is 0 Å². The van der Waals surface area contributed by atoms with Gasteiger partial charge >= 0.3 is 0 Å². The molecule has 0 radical (unpaired) electrons. The van der Waals surface area contributed by atoms with E-state index in [0.717, 1.165) is 0 Å². The Bertz CT molecular complexity index is 626. The lowest BCUT2D eigenvalue weighted by molar-refractivity contribution is 1.82. The number of hydrogen-bond acceptors (Lipinski definition) is 0. The predicted octanol–water partition coefficient (Wildman–Crippen LogP) is 0.510. The van der Waals surface area contributed by atoms with Crippen LogP contribution >= 0.6 is 0 Å². The second kappa shape index (κ2) is 3.41. The van der Waals surface area contributed by atoms with Gasteiger partial charge in [0, 0.05) is 0 Å². The first-order valence-electron chi connectivity index (χ1n) is 5.64. The van der Waals surface area contributed by atoms with Crippen molar-refractivity contribution >= 4 is 48.2 Å². The molecule has 3 aromatic carbocycles. The Kier molecular flexibility index (Phi) is 2.03. The van der Waals surface area contributed by atoms with Crippen molar-refractivity contribution < 1.29 is 0 Å². The quantitative estimate of drug-likeness (QED) is 0.368. The molecule has 0 aliphatic carbocycles. The monoisotopic (exact) mass is 202 g/mol. The molecule has 0 amide bonds. The highest BCUT2D eigenvalue weighted by Crippen LogP contribution is 2.23. The molecule has 16 heavy (non-hydrogen) atoms. The van der Waals surface area contributed by atoms with Gasteiger partial charge in [-0.3, -0.25) is 0 Å². The van der Waals surface area contributed by atoms with Crippen LogP contribution in [0.25, 0.3) is 21.5 Å². The fourth-order valence-electron chi connectivity index (χ4n) is 2.31. The second-order valence-corrected chi connectivity index (χ2v) is 4.51. The number of benzene rings is 3. The topological polar surface area (TPSA) is 0 Å². The summed E-state index contributed by atoms with van der Waals surface area (Å²) in [4.78, 5) is 0. The van der Waals surface area contributed by atoms with Crippen LogP contribution in [0.5, 0.6) is 0 Å². The zero-order valence-corrected chi connectivity index (χ0v) is 9.62. The van der Waals surface area contributed by atoms with Gasteiger partial charge in [0.2, 0.25) is 0 Å². The van der Waals surface area contributed by atoms with Gasteiger partial charge in [0.25, 0.3) is 0 Å². The summed E-state index contributed by atoms with van der Waals surface area (Å²) < 4.78 is 0. The predicted molar refractivity (Wildman–Crippen MR) is 77.8 cm³/mol. The Morgan fingerprint density at radius 3 is 1.44 bits per heavy atom. The third kappa shape index (κ3) is 1.42. The van der Waals surface area contributed by atoms with Gasteiger partial charge < -0.3 is 0 Å². The van der Waals surface area contributed by atoms with Crippen LogP contribution in [0.4, 0.5) is 0 Å². The average Bonchev–Trinajstić information content (AvgIpc) is 2.28. The smallest absolute Gasteiger partial charge is 0.0883 e. The molecule has 74 valence electrons. The van der Waals surface area contributed by atoms with Gasteiger partial charge in [0.05, 0.1) is 0 Å². The van der Waals surface area contributed by atoms with Crippen LogP contribution < -0.4 is 10.9 Å². The van der Waals surface area contributed by atoms with Gasteiger partial charge in [-0.2, -0.15) is 0 Å². The molecule has 0 spiro atoms. The van der Waals surface area contributed by atoms with Crippen molar-refractivity contribution in [2.24, 2.45) is 0 Å². The van der Waals surface area contributed by atoms with E-state index in [1.807, 2.05) is 0 Å². The summed E-state index contributed by atoms with van der Waals surface area (Å²) in [5.41, 5.74) is 2.64. The van der Waals surface area contributed by atoms with E-state index >= 15 is 0 Å². The van der Waals surface area contributed by atoms with Gasteiger partial charge in [0.1, 0.15) is 15.7 Å². The largest absolute Gasteiger partial charge is 0.139 e. The highest BCUT2D eigenvalue weighted by atomic mass is 14.0. The van der Waals surface area contributed by atoms with Crippen molar-refractivity contribution in [2.45, 2.75) is 0 Å². The first-order chi connectivity index (χ1) is 7.74. The normalized spacial score (nSPS) is 11.0. The summed E-state index contributed by atoms with van der Waals surface area (Å²) in [7, 11) is 4.28. The maximum absolute atomic E-state index is 2.24. The average molecular weight is 202 g/mol. The molecular weight excluding hydrogens is 190 g/mol. The Labute approximate surface area is 97.1 Å². The van der Waals surface area contributed by atoms with Crippen molar-refractivity contribution in [3.8, 4) is 0 Å². The van der Waals surface area contributed by atoms with Crippen LogP contribution in [0, 0.1) is 0 Å². The van der Waals surface area contributed by atoms with E-state index < -0.39 is 0 Å². The maximum atomic E-state index is 2.24. The standard InChI is InChI=1S/C14H12B2/c15-11-3-5-13-9(7-11)1-2-10-8-12(16)4-6-14(10)13/h1-8H,15-16H2. The summed E-state index contributed by atoms with van der Waals surface area (Å²) in [6.45, 7) is 0.